The standard InChI is InChI=1S/C15H25NO2S/c1-3-18-15-7-5-14(6-8-15)13(2)16-9-12-19-11-4-10-17/h5-8,13,16-17H,3-4,9-12H2,1-2H3. The first-order valence-corrected chi connectivity index (χ1v) is 8.08. The molecule has 4 heteroatoms. The third-order valence-corrected chi connectivity index (χ3v) is 3.90. The summed E-state index contributed by atoms with van der Waals surface area (Å²) in [7, 11) is 0. The number of aliphatic hydroxyl groups is 1. The smallest absolute Gasteiger partial charge is 0.119 e. The van der Waals surface area contributed by atoms with Crippen LogP contribution >= 0.6 is 11.8 Å². The van der Waals surface area contributed by atoms with Gasteiger partial charge in [0, 0.05) is 24.9 Å². The van der Waals surface area contributed by atoms with Gasteiger partial charge < -0.3 is 15.2 Å². The normalized spacial score (nSPS) is 12.4. The summed E-state index contributed by atoms with van der Waals surface area (Å²) in [6.07, 6.45) is 0.888. The Morgan fingerprint density at radius 1 is 1.26 bits per heavy atom. The number of ether oxygens (including phenoxy) is 1. The molecule has 0 fully saturated rings. The zero-order valence-corrected chi connectivity index (χ0v) is 12.7. The molecule has 0 aliphatic carbocycles. The molecule has 19 heavy (non-hydrogen) atoms. The van der Waals surface area contributed by atoms with Crippen molar-refractivity contribution in [2.24, 2.45) is 0 Å². The molecular formula is C15H25NO2S. The monoisotopic (exact) mass is 283 g/mol. The van der Waals surface area contributed by atoms with E-state index in [1.54, 1.807) is 0 Å². The molecule has 2 N–H and O–H groups in total. The molecule has 0 saturated carbocycles. The SMILES string of the molecule is CCOc1ccc(C(C)NCCSCCCO)cc1. The number of hydrogen-bond acceptors (Lipinski definition) is 4. The lowest BCUT2D eigenvalue weighted by atomic mass is 10.1. The average Bonchev–Trinajstić information content (AvgIpc) is 2.43. The van der Waals surface area contributed by atoms with Crippen molar-refractivity contribution in [3.63, 3.8) is 0 Å². The van der Waals surface area contributed by atoms with E-state index in [0.717, 1.165) is 30.2 Å². The molecule has 0 bridgehead atoms. The molecule has 0 aliphatic heterocycles. The van der Waals surface area contributed by atoms with Gasteiger partial charge in [-0.25, -0.2) is 0 Å². The molecule has 1 aromatic carbocycles. The fourth-order valence-corrected chi connectivity index (χ4v) is 2.55. The van der Waals surface area contributed by atoms with Gasteiger partial charge in [-0.15, -0.1) is 0 Å². The highest BCUT2D eigenvalue weighted by Gasteiger charge is 2.04. The summed E-state index contributed by atoms with van der Waals surface area (Å²) in [5.74, 6) is 3.05. The van der Waals surface area contributed by atoms with Crippen LogP contribution in [0.4, 0.5) is 0 Å². The van der Waals surface area contributed by atoms with Crippen LogP contribution in [-0.4, -0.2) is 36.4 Å². The van der Waals surface area contributed by atoms with Gasteiger partial charge in [-0.3, -0.25) is 0 Å². The van der Waals surface area contributed by atoms with Crippen LogP contribution in [0, 0.1) is 0 Å². The van der Waals surface area contributed by atoms with E-state index in [2.05, 4.69) is 24.4 Å². The van der Waals surface area contributed by atoms with E-state index in [4.69, 9.17) is 9.84 Å². The summed E-state index contributed by atoms with van der Waals surface area (Å²) in [6, 6.07) is 8.62. The summed E-state index contributed by atoms with van der Waals surface area (Å²) in [5.41, 5.74) is 1.28. The molecule has 0 amide bonds. The Bertz CT molecular complexity index is 329. The second-order valence-corrected chi connectivity index (χ2v) is 5.59. The molecular weight excluding hydrogens is 258 g/mol. The topological polar surface area (TPSA) is 41.5 Å². The van der Waals surface area contributed by atoms with Crippen LogP contribution in [0.2, 0.25) is 0 Å². The maximum atomic E-state index is 8.68. The third kappa shape index (κ3) is 6.85. The summed E-state index contributed by atoms with van der Waals surface area (Å²) >= 11 is 1.88. The van der Waals surface area contributed by atoms with Gasteiger partial charge in [0.2, 0.25) is 0 Å². The second kappa shape index (κ2) is 10.1. The van der Waals surface area contributed by atoms with Crippen molar-refractivity contribution in [3.05, 3.63) is 29.8 Å². The Labute approximate surface area is 120 Å². The minimum Gasteiger partial charge on any atom is -0.494 e. The highest BCUT2D eigenvalue weighted by Crippen LogP contribution is 2.17. The molecule has 1 aromatic rings. The summed E-state index contributed by atoms with van der Waals surface area (Å²) in [4.78, 5) is 0. The van der Waals surface area contributed by atoms with E-state index in [0.29, 0.717) is 19.3 Å². The van der Waals surface area contributed by atoms with Gasteiger partial charge >= 0.3 is 0 Å². The van der Waals surface area contributed by atoms with Crippen molar-refractivity contribution in [2.75, 3.05) is 31.3 Å². The zero-order valence-electron chi connectivity index (χ0n) is 11.9. The van der Waals surface area contributed by atoms with E-state index < -0.39 is 0 Å². The van der Waals surface area contributed by atoms with Crippen LogP contribution in [-0.2, 0) is 0 Å². The molecule has 0 aliphatic rings. The summed E-state index contributed by atoms with van der Waals surface area (Å²) < 4.78 is 5.43. The van der Waals surface area contributed by atoms with Crippen LogP contribution in [0.5, 0.6) is 5.75 Å². The Morgan fingerprint density at radius 2 is 2.00 bits per heavy atom. The average molecular weight is 283 g/mol. The van der Waals surface area contributed by atoms with Gasteiger partial charge in [0.25, 0.3) is 0 Å². The largest absolute Gasteiger partial charge is 0.494 e. The molecule has 0 aromatic heterocycles. The molecule has 0 radical (unpaired) electrons. The molecule has 1 atom stereocenters. The van der Waals surface area contributed by atoms with Crippen molar-refractivity contribution in [1.82, 2.24) is 5.32 Å². The number of thioether (sulfide) groups is 1. The van der Waals surface area contributed by atoms with Crippen LogP contribution < -0.4 is 10.1 Å². The Hall–Kier alpha value is -0.710. The fourth-order valence-electron chi connectivity index (χ4n) is 1.75. The number of hydrogen-bond donors (Lipinski definition) is 2. The lowest BCUT2D eigenvalue weighted by Crippen LogP contribution is -2.21. The molecule has 1 unspecified atom stereocenters. The fraction of sp³-hybridized carbons (Fsp3) is 0.600. The highest BCUT2D eigenvalue weighted by molar-refractivity contribution is 7.99. The number of nitrogens with one attached hydrogen (secondary N) is 1. The van der Waals surface area contributed by atoms with Gasteiger partial charge in [-0.05, 0) is 43.7 Å². The highest BCUT2D eigenvalue weighted by atomic mass is 32.2. The van der Waals surface area contributed by atoms with E-state index in [9.17, 15) is 0 Å². The first-order chi connectivity index (χ1) is 9.27. The van der Waals surface area contributed by atoms with Gasteiger partial charge in [0.1, 0.15) is 5.75 Å². The molecule has 108 valence electrons. The molecule has 1 rings (SSSR count). The first-order valence-electron chi connectivity index (χ1n) is 6.92. The van der Waals surface area contributed by atoms with E-state index >= 15 is 0 Å². The molecule has 3 nitrogen and oxygen atoms in total. The van der Waals surface area contributed by atoms with E-state index in [1.165, 1.54) is 5.56 Å². The van der Waals surface area contributed by atoms with Crippen molar-refractivity contribution < 1.29 is 9.84 Å². The van der Waals surface area contributed by atoms with Gasteiger partial charge in [0.05, 0.1) is 6.61 Å². The predicted octanol–water partition coefficient (Wildman–Crippen LogP) is 2.85. The molecule has 0 spiro atoms. The van der Waals surface area contributed by atoms with Crippen LogP contribution in [0.1, 0.15) is 31.9 Å². The number of aliphatic hydroxyl groups excluding tert-OH is 1. The van der Waals surface area contributed by atoms with Crippen molar-refractivity contribution in [3.8, 4) is 5.75 Å². The Morgan fingerprint density at radius 3 is 2.63 bits per heavy atom. The Balaban J connectivity index is 2.23. The lowest BCUT2D eigenvalue weighted by molar-refractivity contribution is 0.296. The molecule has 0 heterocycles. The maximum absolute atomic E-state index is 8.68. The minimum atomic E-state index is 0.295. The zero-order chi connectivity index (χ0) is 13.9. The number of rotatable bonds is 10. The second-order valence-electron chi connectivity index (χ2n) is 4.37. The van der Waals surface area contributed by atoms with Crippen molar-refractivity contribution >= 4 is 11.8 Å². The van der Waals surface area contributed by atoms with Gasteiger partial charge in [-0.2, -0.15) is 11.8 Å². The number of benzene rings is 1. The first kappa shape index (κ1) is 16.3. The van der Waals surface area contributed by atoms with Crippen LogP contribution in [0.3, 0.4) is 0 Å². The Kier molecular flexibility index (Phi) is 8.71. The summed E-state index contributed by atoms with van der Waals surface area (Å²) in [5, 5.41) is 12.2. The molecule has 0 saturated heterocycles. The summed E-state index contributed by atoms with van der Waals surface area (Å²) in [6.45, 7) is 6.16. The van der Waals surface area contributed by atoms with Gasteiger partial charge in [0.15, 0.2) is 0 Å². The van der Waals surface area contributed by atoms with Crippen molar-refractivity contribution in [1.29, 1.82) is 0 Å². The van der Waals surface area contributed by atoms with Crippen molar-refractivity contribution in [2.45, 2.75) is 26.3 Å². The predicted molar refractivity (Wildman–Crippen MR) is 83.1 cm³/mol. The lowest BCUT2D eigenvalue weighted by Gasteiger charge is -2.14. The van der Waals surface area contributed by atoms with Crippen LogP contribution in [0.15, 0.2) is 24.3 Å². The maximum Gasteiger partial charge on any atom is 0.119 e. The third-order valence-electron chi connectivity index (χ3n) is 2.83. The quantitative estimate of drug-likeness (QED) is 0.648. The minimum absolute atomic E-state index is 0.295. The van der Waals surface area contributed by atoms with E-state index in [-0.39, 0.29) is 0 Å². The van der Waals surface area contributed by atoms with E-state index in [1.807, 2.05) is 30.8 Å². The van der Waals surface area contributed by atoms with Crippen LogP contribution in [0.25, 0.3) is 0 Å². The van der Waals surface area contributed by atoms with Gasteiger partial charge in [-0.1, -0.05) is 12.1 Å².